The van der Waals surface area contributed by atoms with E-state index >= 15 is 0 Å². The lowest BCUT2D eigenvalue weighted by atomic mass is 9.94. The highest BCUT2D eigenvalue weighted by atomic mass is 16.2. The molecule has 0 aromatic heterocycles. The van der Waals surface area contributed by atoms with E-state index < -0.39 is 5.54 Å². The topological polar surface area (TPSA) is 58.2 Å². The molecule has 4 nitrogen and oxygen atoms in total. The SMILES string of the molecule is CC(=O)NC1(C)CNC1=O. The normalized spacial score (nSPS) is 30.4. The number of nitrogens with one attached hydrogen (secondary N) is 2. The standard InChI is InChI=1S/C6H10N2O2/c1-4(9)8-6(2)3-7-5(6)10/h3H2,1-2H3,(H,7,10)(H,8,9). The summed E-state index contributed by atoms with van der Waals surface area (Å²) in [5.41, 5.74) is -0.647. The van der Waals surface area contributed by atoms with Gasteiger partial charge in [-0.2, -0.15) is 0 Å². The van der Waals surface area contributed by atoms with Crippen LogP contribution in [0.5, 0.6) is 0 Å². The molecule has 2 amide bonds. The molecule has 4 heteroatoms. The summed E-state index contributed by atoms with van der Waals surface area (Å²) in [6, 6.07) is 0. The highest BCUT2D eigenvalue weighted by molar-refractivity contribution is 5.95. The fourth-order valence-electron chi connectivity index (χ4n) is 0.915. The maximum atomic E-state index is 10.8. The summed E-state index contributed by atoms with van der Waals surface area (Å²) < 4.78 is 0. The molecule has 1 heterocycles. The lowest BCUT2D eigenvalue weighted by molar-refractivity contribution is -0.138. The predicted octanol–water partition coefficient (Wildman–Crippen LogP) is -0.989. The highest BCUT2D eigenvalue weighted by Crippen LogP contribution is 2.10. The maximum absolute atomic E-state index is 10.8. The molecule has 1 unspecified atom stereocenters. The van der Waals surface area contributed by atoms with E-state index in [4.69, 9.17) is 0 Å². The number of β-lactam (4-membered cyclic amide) rings is 1. The van der Waals surface area contributed by atoms with E-state index in [1.54, 1.807) is 6.92 Å². The van der Waals surface area contributed by atoms with Gasteiger partial charge in [-0.05, 0) is 6.92 Å². The van der Waals surface area contributed by atoms with Gasteiger partial charge in [0.15, 0.2) is 0 Å². The first-order chi connectivity index (χ1) is 4.54. The zero-order chi connectivity index (χ0) is 7.78. The first-order valence-corrected chi connectivity index (χ1v) is 3.12. The largest absolute Gasteiger partial charge is 0.351 e. The molecule has 0 aromatic carbocycles. The average molecular weight is 142 g/mol. The minimum Gasteiger partial charge on any atom is -0.351 e. The molecule has 0 saturated carbocycles. The average Bonchev–Trinajstić information content (AvgIpc) is 1.84. The van der Waals surface area contributed by atoms with Crippen molar-refractivity contribution in [3.8, 4) is 0 Å². The summed E-state index contributed by atoms with van der Waals surface area (Å²) in [6.07, 6.45) is 0. The van der Waals surface area contributed by atoms with E-state index in [0.29, 0.717) is 6.54 Å². The van der Waals surface area contributed by atoms with Crippen molar-refractivity contribution in [3.63, 3.8) is 0 Å². The molecule has 1 atom stereocenters. The summed E-state index contributed by atoms with van der Waals surface area (Å²) in [5.74, 6) is -0.278. The second-order valence-electron chi connectivity index (χ2n) is 2.70. The van der Waals surface area contributed by atoms with E-state index in [0.717, 1.165) is 0 Å². The zero-order valence-electron chi connectivity index (χ0n) is 6.02. The Kier molecular flexibility index (Phi) is 1.39. The van der Waals surface area contributed by atoms with Gasteiger partial charge in [-0.15, -0.1) is 0 Å². The Bertz CT molecular complexity index is 190. The second-order valence-corrected chi connectivity index (χ2v) is 2.70. The van der Waals surface area contributed by atoms with Crippen LogP contribution >= 0.6 is 0 Å². The Labute approximate surface area is 59.0 Å². The molecule has 0 radical (unpaired) electrons. The number of hydrogen-bond donors (Lipinski definition) is 2. The van der Waals surface area contributed by atoms with Gasteiger partial charge in [-0.25, -0.2) is 0 Å². The van der Waals surface area contributed by atoms with Gasteiger partial charge in [0.1, 0.15) is 5.54 Å². The van der Waals surface area contributed by atoms with Crippen molar-refractivity contribution in [2.75, 3.05) is 6.54 Å². The molecule has 1 rings (SSSR count). The van der Waals surface area contributed by atoms with Crippen LogP contribution in [0.1, 0.15) is 13.8 Å². The van der Waals surface area contributed by atoms with Crippen LogP contribution in [0.2, 0.25) is 0 Å². The van der Waals surface area contributed by atoms with Gasteiger partial charge < -0.3 is 10.6 Å². The lowest BCUT2D eigenvalue weighted by Gasteiger charge is -2.37. The quantitative estimate of drug-likeness (QED) is 0.462. The third-order valence-corrected chi connectivity index (χ3v) is 1.56. The zero-order valence-corrected chi connectivity index (χ0v) is 6.02. The Morgan fingerprint density at radius 3 is 2.50 bits per heavy atom. The van der Waals surface area contributed by atoms with Crippen LogP contribution in [0.4, 0.5) is 0 Å². The Balaban J connectivity index is 2.53. The van der Waals surface area contributed by atoms with Gasteiger partial charge in [0.2, 0.25) is 11.8 Å². The lowest BCUT2D eigenvalue weighted by Crippen LogP contribution is -2.71. The summed E-state index contributed by atoms with van der Waals surface area (Å²) in [4.78, 5) is 21.3. The molecule has 0 aromatic rings. The molecule has 10 heavy (non-hydrogen) atoms. The van der Waals surface area contributed by atoms with Crippen molar-refractivity contribution >= 4 is 11.8 Å². The van der Waals surface area contributed by atoms with E-state index in [9.17, 15) is 9.59 Å². The maximum Gasteiger partial charge on any atom is 0.247 e. The molecule has 0 bridgehead atoms. The van der Waals surface area contributed by atoms with Gasteiger partial charge in [0.25, 0.3) is 0 Å². The minimum absolute atomic E-state index is 0.109. The van der Waals surface area contributed by atoms with Crippen LogP contribution < -0.4 is 10.6 Å². The summed E-state index contributed by atoms with van der Waals surface area (Å²) in [6.45, 7) is 3.63. The highest BCUT2D eigenvalue weighted by Gasteiger charge is 2.42. The molecule has 0 aliphatic carbocycles. The van der Waals surface area contributed by atoms with Gasteiger partial charge in [-0.1, -0.05) is 0 Å². The molecular formula is C6H10N2O2. The van der Waals surface area contributed by atoms with Crippen LogP contribution in [0.3, 0.4) is 0 Å². The van der Waals surface area contributed by atoms with Crippen molar-refractivity contribution in [2.45, 2.75) is 19.4 Å². The van der Waals surface area contributed by atoms with Crippen LogP contribution in [-0.4, -0.2) is 23.9 Å². The molecule has 56 valence electrons. The number of carbonyl (C=O) groups is 2. The summed E-state index contributed by atoms with van der Waals surface area (Å²) in [5, 5.41) is 5.11. The predicted molar refractivity (Wildman–Crippen MR) is 35.2 cm³/mol. The van der Waals surface area contributed by atoms with Crippen molar-refractivity contribution in [3.05, 3.63) is 0 Å². The monoisotopic (exact) mass is 142 g/mol. The smallest absolute Gasteiger partial charge is 0.247 e. The molecule has 2 N–H and O–H groups in total. The first kappa shape index (κ1) is 7.05. The number of carbonyl (C=O) groups excluding carboxylic acids is 2. The second kappa shape index (κ2) is 1.97. The summed E-state index contributed by atoms with van der Waals surface area (Å²) >= 11 is 0. The fourth-order valence-corrected chi connectivity index (χ4v) is 0.915. The van der Waals surface area contributed by atoms with Crippen LogP contribution in [0.25, 0.3) is 0 Å². The van der Waals surface area contributed by atoms with E-state index in [1.807, 2.05) is 0 Å². The molecule has 1 aliphatic rings. The minimum atomic E-state index is -0.647. The summed E-state index contributed by atoms with van der Waals surface area (Å²) in [7, 11) is 0. The molecule has 0 spiro atoms. The fraction of sp³-hybridized carbons (Fsp3) is 0.667. The van der Waals surface area contributed by atoms with Crippen LogP contribution in [0, 0.1) is 0 Å². The Morgan fingerprint density at radius 1 is 1.80 bits per heavy atom. The van der Waals surface area contributed by atoms with E-state index in [1.165, 1.54) is 6.92 Å². The van der Waals surface area contributed by atoms with E-state index in [2.05, 4.69) is 10.6 Å². The Morgan fingerprint density at radius 2 is 2.40 bits per heavy atom. The van der Waals surface area contributed by atoms with E-state index in [-0.39, 0.29) is 11.8 Å². The van der Waals surface area contributed by atoms with Crippen molar-refractivity contribution in [1.29, 1.82) is 0 Å². The van der Waals surface area contributed by atoms with Gasteiger partial charge >= 0.3 is 0 Å². The van der Waals surface area contributed by atoms with Crippen molar-refractivity contribution in [1.82, 2.24) is 10.6 Å². The third kappa shape index (κ3) is 0.964. The molecule has 1 saturated heterocycles. The van der Waals surface area contributed by atoms with Gasteiger partial charge in [0.05, 0.1) is 0 Å². The van der Waals surface area contributed by atoms with Crippen LogP contribution in [0.15, 0.2) is 0 Å². The van der Waals surface area contributed by atoms with Crippen LogP contribution in [-0.2, 0) is 9.59 Å². The Hall–Kier alpha value is -1.06. The first-order valence-electron chi connectivity index (χ1n) is 3.12. The third-order valence-electron chi connectivity index (χ3n) is 1.56. The van der Waals surface area contributed by atoms with Crippen molar-refractivity contribution in [2.24, 2.45) is 0 Å². The number of amides is 2. The molecule has 1 fully saturated rings. The number of rotatable bonds is 1. The van der Waals surface area contributed by atoms with Crippen molar-refractivity contribution < 1.29 is 9.59 Å². The molecular weight excluding hydrogens is 132 g/mol. The molecule has 1 aliphatic heterocycles. The number of hydrogen-bond acceptors (Lipinski definition) is 2. The van der Waals surface area contributed by atoms with Gasteiger partial charge in [-0.3, -0.25) is 9.59 Å². The van der Waals surface area contributed by atoms with Gasteiger partial charge in [0, 0.05) is 13.5 Å².